The van der Waals surface area contributed by atoms with Crippen LogP contribution in [0.1, 0.15) is 15.2 Å². The first kappa shape index (κ1) is 23.0. The summed E-state index contributed by atoms with van der Waals surface area (Å²) in [4.78, 5) is 43.7. The minimum atomic E-state index is -0.408. The van der Waals surface area contributed by atoms with E-state index in [9.17, 15) is 14.4 Å². The lowest BCUT2D eigenvalue weighted by molar-refractivity contribution is -0.116. The lowest BCUT2D eigenvalue weighted by Crippen LogP contribution is -2.28. The summed E-state index contributed by atoms with van der Waals surface area (Å²) in [5.74, 6) is 0.256. The highest BCUT2D eigenvalue weighted by Crippen LogP contribution is 2.30. The number of nitrogens with zero attached hydrogens (tertiary/aromatic N) is 2. The highest BCUT2D eigenvalue weighted by atomic mass is 32.1. The van der Waals surface area contributed by atoms with Gasteiger partial charge in [-0.25, -0.2) is 4.98 Å². The van der Waals surface area contributed by atoms with Crippen molar-refractivity contribution in [1.82, 2.24) is 9.55 Å². The van der Waals surface area contributed by atoms with Crippen molar-refractivity contribution >= 4 is 44.7 Å². The Hall–Kier alpha value is -4.18. The number of anilines is 2. The van der Waals surface area contributed by atoms with Gasteiger partial charge in [0.05, 0.1) is 42.2 Å². The number of hydrogen-bond acceptors (Lipinski definition) is 7. The summed E-state index contributed by atoms with van der Waals surface area (Å²) < 4.78 is 11.7. The molecule has 0 atom stereocenters. The third-order valence-electron chi connectivity index (χ3n) is 5.17. The Labute approximate surface area is 199 Å². The number of ether oxygens (including phenoxy) is 2. The molecule has 0 aliphatic heterocycles. The molecule has 2 amide bonds. The molecule has 2 aromatic carbocycles. The van der Waals surface area contributed by atoms with Gasteiger partial charge in [-0.15, -0.1) is 11.3 Å². The van der Waals surface area contributed by atoms with Crippen molar-refractivity contribution in [2.45, 2.75) is 13.5 Å². The zero-order valence-electron chi connectivity index (χ0n) is 18.7. The molecular weight excluding hydrogens is 456 g/mol. The Morgan fingerprint density at radius 2 is 1.56 bits per heavy atom. The zero-order valence-corrected chi connectivity index (χ0v) is 19.6. The summed E-state index contributed by atoms with van der Waals surface area (Å²) in [5.41, 5.74) is 1.12. The van der Waals surface area contributed by atoms with Crippen LogP contribution in [0.25, 0.3) is 10.2 Å². The van der Waals surface area contributed by atoms with Crippen LogP contribution in [-0.2, 0) is 11.3 Å². The molecule has 0 saturated heterocycles. The number of carbonyl (C=O) groups excluding carboxylic acids is 2. The molecule has 174 valence electrons. The fourth-order valence-corrected chi connectivity index (χ4v) is 4.54. The van der Waals surface area contributed by atoms with E-state index in [1.54, 1.807) is 55.5 Å². The first-order chi connectivity index (χ1) is 16.4. The van der Waals surface area contributed by atoms with Crippen LogP contribution in [0, 0.1) is 6.92 Å². The van der Waals surface area contributed by atoms with Gasteiger partial charge in [0.2, 0.25) is 5.91 Å². The number of para-hydroxylation sites is 4. The Bertz CT molecular complexity index is 1440. The average molecular weight is 479 g/mol. The third-order valence-corrected chi connectivity index (χ3v) is 6.37. The van der Waals surface area contributed by atoms with Crippen LogP contribution in [-0.4, -0.2) is 35.6 Å². The van der Waals surface area contributed by atoms with Crippen molar-refractivity contribution in [2.75, 3.05) is 24.9 Å². The van der Waals surface area contributed by atoms with E-state index in [-0.39, 0.29) is 12.5 Å². The maximum absolute atomic E-state index is 13.1. The molecule has 10 heteroatoms. The molecule has 0 aliphatic carbocycles. The van der Waals surface area contributed by atoms with Crippen molar-refractivity contribution in [1.29, 1.82) is 0 Å². The molecule has 0 aliphatic rings. The van der Waals surface area contributed by atoms with Crippen molar-refractivity contribution in [3.8, 4) is 11.5 Å². The maximum Gasteiger partial charge on any atom is 0.266 e. The quantitative estimate of drug-likeness (QED) is 0.419. The summed E-state index contributed by atoms with van der Waals surface area (Å²) in [6.45, 7) is 1.45. The zero-order chi connectivity index (χ0) is 24.2. The van der Waals surface area contributed by atoms with Gasteiger partial charge < -0.3 is 20.1 Å². The van der Waals surface area contributed by atoms with E-state index in [0.29, 0.717) is 43.5 Å². The second kappa shape index (κ2) is 9.75. The Morgan fingerprint density at radius 3 is 2.18 bits per heavy atom. The number of thiophene rings is 1. The molecule has 2 heterocycles. The smallest absolute Gasteiger partial charge is 0.266 e. The van der Waals surface area contributed by atoms with Gasteiger partial charge in [0.25, 0.3) is 11.5 Å². The van der Waals surface area contributed by atoms with E-state index < -0.39 is 11.5 Å². The third kappa shape index (κ3) is 4.48. The van der Waals surface area contributed by atoms with Crippen molar-refractivity contribution in [3.05, 3.63) is 75.7 Å². The molecule has 4 rings (SSSR count). The standard InChI is InChI=1S/C24H22N4O5S/c1-14-20-23(34-21(14)22(30)27-16-9-5-7-11-18(16)33-3)25-13-28(24(20)31)12-19(29)26-15-8-4-6-10-17(15)32-2/h4-11,13H,12H2,1-3H3,(H,26,29)(H,27,30). The SMILES string of the molecule is COc1ccccc1NC(=O)Cn1cnc2sc(C(=O)Nc3ccccc3OC)c(C)c2c1=O. The van der Waals surface area contributed by atoms with Gasteiger partial charge in [-0.05, 0) is 36.8 Å². The van der Waals surface area contributed by atoms with Crippen molar-refractivity contribution < 1.29 is 19.1 Å². The summed E-state index contributed by atoms with van der Waals surface area (Å²) in [6.07, 6.45) is 1.31. The minimum absolute atomic E-state index is 0.238. The molecule has 0 spiro atoms. The van der Waals surface area contributed by atoms with Gasteiger partial charge in [-0.2, -0.15) is 0 Å². The van der Waals surface area contributed by atoms with Crippen LogP contribution in [0.4, 0.5) is 11.4 Å². The van der Waals surface area contributed by atoms with Gasteiger partial charge in [-0.3, -0.25) is 19.0 Å². The number of amides is 2. The van der Waals surface area contributed by atoms with Crippen LogP contribution in [0.15, 0.2) is 59.7 Å². The molecule has 0 bridgehead atoms. The van der Waals surface area contributed by atoms with E-state index in [0.717, 1.165) is 11.3 Å². The number of hydrogen-bond donors (Lipinski definition) is 2. The summed E-state index contributed by atoms with van der Waals surface area (Å²) >= 11 is 1.12. The first-order valence-corrected chi connectivity index (χ1v) is 11.1. The molecule has 0 saturated carbocycles. The molecule has 2 N–H and O–H groups in total. The molecule has 0 unspecified atom stereocenters. The number of nitrogens with one attached hydrogen (secondary N) is 2. The summed E-state index contributed by atoms with van der Waals surface area (Å²) in [5, 5.41) is 5.86. The second-order valence-corrected chi connectivity index (χ2v) is 8.32. The Morgan fingerprint density at radius 1 is 0.971 bits per heavy atom. The normalized spacial score (nSPS) is 10.7. The molecule has 2 aromatic heterocycles. The molecule has 34 heavy (non-hydrogen) atoms. The van der Waals surface area contributed by atoms with E-state index >= 15 is 0 Å². The molecule has 9 nitrogen and oxygen atoms in total. The largest absolute Gasteiger partial charge is 0.495 e. The summed E-state index contributed by atoms with van der Waals surface area (Å²) in [7, 11) is 3.03. The van der Waals surface area contributed by atoms with Gasteiger partial charge >= 0.3 is 0 Å². The Kier molecular flexibility index (Phi) is 6.60. The van der Waals surface area contributed by atoms with Gasteiger partial charge in [0.1, 0.15) is 22.9 Å². The van der Waals surface area contributed by atoms with Crippen LogP contribution in [0.3, 0.4) is 0 Å². The maximum atomic E-state index is 13.1. The van der Waals surface area contributed by atoms with Gasteiger partial charge in [-0.1, -0.05) is 24.3 Å². The number of benzene rings is 2. The highest BCUT2D eigenvalue weighted by molar-refractivity contribution is 7.20. The van der Waals surface area contributed by atoms with E-state index in [1.807, 2.05) is 0 Å². The minimum Gasteiger partial charge on any atom is -0.495 e. The summed E-state index contributed by atoms with van der Waals surface area (Å²) in [6, 6.07) is 14.0. The predicted octanol–water partition coefficient (Wildman–Crippen LogP) is 3.67. The number of fused-ring (bicyclic) bond motifs is 1. The second-order valence-electron chi connectivity index (χ2n) is 7.32. The number of carbonyl (C=O) groups is 2. The van der Waals surface area contributed by atoms with Crippen LogP contribution >= 0.6 is 11.3 Å². The number of aryl methyl sites for hydroxylation is 1. The fourth-order valence-electron chi connectivity index (χ4n) is 3.51. The number of rotatable bonds is 7. The average Bonchev–Trinajstić information content (AvgIpc) is 3.18. The van der Waals surface area contributed by atoms with E-state index in [1.165, 1.54) is 25.1 Å². The van der Waals surface area contributed by atoms with Crippen LogP contribution in [0.5, 0.6) is 11.5 Å². The molecule has 0 fully saturated rings. The first-order valence-electron chi connectivity index (χ1n) is 10.3. The molecule has 4 aromatic rings. The fraction of sp³-hybridized carbons (Fsp3) is 0.167. The topological polar surface area (TPSA) is 112 Å². The van der Waals surface area contributed by atoms with E-state index in [4.69, 9.17) is 9.47 Å². The van der Waals surface area contributed by atoms with Crippen molar-refractivity contribution in [3.63, 3.8) is 0 Å². The highest BCUT2D eigenvalue weighted by Gasteiger charge is 2.21. The lowest BCUT2D eigenvalue weighted by Gasteiger charge is -2.10. The number of methoxy groups -OCH3 is 2. The predicted molar refractivity (Wildman–Crippen MR) is 131 cm³/mol. The van der Waals surface area contributed by atoms with Gasteiger partial charge in [0.15, 0.2) is 0 Å². The molecule has 0 radical (unpaired) electrons. The van der Waals surface area contributed by atoms with Crippen LogP contribution in [0.2, 0.25) is 0 Å². The number of aromatic nitrogens is 2. The Balaban J connectivity index is 1.59. The van der Waals surface area contributed by atoms with Crippen molar-refractivity contribution in [2.24, 2.45) is 0 Å². The lowest BCUT2D eigenvalue weighted by atomic mass is 10.2. The van der Waals surface area contributed by atoms with Gasteiger partial charge in [0, 0.05) is 0 Å². The molecular formula is C24H22N4O5S. The monoisotopic (exact) mass is 478 g/mol. The van der Waals surface area contributed by atoms with E-state index in [2.05, 4.69) is 15.6 Å². The van der Waals surface area contributed by atoms with Crippen LogP contribution < -0.4 is 25.7 Å².